The van der Waals surface area contributed by atoms with Gasteiger partial charge in [0.05, 0.1) is 5.69 Å². The maximum atomic E-state index is 13.1. The molecule has 0 aliphatic rings. The maximum Gasteiger partial charge on any atom is 0.266 e. The smallest absolute Gasteiger partial charge is 0.266 e. The molecule has 0 saturated carbocycles. The average Bonchev–Trinajstić information content (AvgIpc) is 3.23. The van der Waals surface area contributed by atoms with Crippen molar-refractivity contribution in [3.63, 3.8) is 0 Å². The van der Waals surface area contributed by atoms with Crippen molar-refractivity contribution >= 4 is 10.8 Å². The van der Waals surface area contributed by atoms with E-state index in [-0.39, 0.29) is 17.0 Å². The van der Waals surface area contributed by atoms with Crippen LogP contribution >= 0.6 is 0 Å². The molecule has 3 aromatic rings. The van der Waals surface area contributed by atoms with Crippen molar-refractivity contribution in [1.29, 1.82) is 0 Å². The van der Waals surface area contributed by atoms with Gasteiger partial charge in [-0.1, -0.05) is 32.9 Å². The van der Waals surface area contributed by atoms with Crippen molar-refractivity contribution in [3.05, 3.63) is 53.3 Å². The third-order valence-electron chi connectivity index (χ3n) is 4.59. The first-order chi connectivity index (χ1) is 13.0. The second-order valence-corrected chi connectivity index (χ2v) is 10.3. The number of halogens is 1. The molecular formula is C20H25FN4O2S. The Balaban J connectivity index is 1.85. The van der Waals surface area contributed by atoms with Gasteiger partial charge in [-0.25, -0.2) is 4.39 Å². The van der Waals surface area contributed by atoms with Crippen molar-refractivity contribution in [2.24, 2.45) is 7.05 Å². The molecule has 0 fully saturated rings. The Morgan fingerprint density at radius 1 is 1.11 bits per heavy atom. The highest BCUT2D eigenvalue weighted by molar-refractivity contribution is 7.85. The van der Waals surface area contributed by atoms with Crippen molar-refractivity contribution in [2.75, 3.05) is 0 Å². The number of benzene rings is 1. The fourth-order valence-corrected chi connectivity index (χ4v) is 3.75. The zero-order valence-corrected chi connectivity index (χ0v) is 17.8. The van der Waals surface area contributed by atoms with Crippen LogP contribution < -0.4 is 0 Å². The van der Waals surface area contributed by atoms with Gasteiger partial charge < -0.3 is 4.42 Å². The second kappa shape index (κ2) is 7.24. The molecule has 0 aliphatic carbocycles. The third-order valence-corrected chi connectivity index (χ3v) is 6.50. The highest BCUT2D eigenvalue weighted by Gasteiger charge is 2.35. The minimum Gasteiger partial charge on any atom is -0.418 e. The first kappa shape index (κ1) is 20.4. The van der Waals surface area contributed by atoms with Gasteiger partial charge >= 0.3 is 0 Å². The van der Waals surface area contributed by atoms with E-state index in [4.69, 9.17) is 4.42 Å². The molecule has 0 radical (unpaired) electrons. The van der Waals surface area contributed by atoms with Crippen LogP contribution in [0, 0.1) is 5.82 Å². The van der Waals surface area contributed by atoms with Crippen LogP contribution in [-0.4, -0.2) is 24.2 Å². The normalized spacial score (nSPS) is 13.7. The van der Waals surface area contributed by atoms with Crippen LogP contribution in [0.1, 0.15) is 51.8 Å². The van der Waals surface area contributed by atoms with Gasteiger partial charge in [0.15, 0.2) is 0 Å². The molecule has 0 bridgehead atoms. The molecule has 0 spiro atoms. The molecule has 1 unspecified atom stereocenters. The molecule has 28 heavy (non-hydrogen) atoms. The van der Waals surface area contributed by atoms with E-state index in [2.05, 4.69) is 36.1 Å². The first-order valence-electron chi connectivity index (χ1n) is 9.00. The fourth-order valence-electron chi connectivity index (χ4n) is 2.61. The zero-order valence-electron chi connectivity index (χ0n) is 17.0. The Morgan fingerprint density at radius 2 is 1.75 bits per heavy atom. The molecule has 8 heteroatoms. The highest BCUT2D eigenvalue weighted by Crippen LogP contribution is 2.32. The Bertz CT molecular complexity index is 1000. The van der Waals surface area contributed by atoms with Crippen molar-refractivity contribution in [3.8, 4) is 11.6 Å². The van der Waals surface area contributed by atoms with E-state index in [9.17, 15) is 8.60 Å². The van der Waals surface area contributed by atoms with Gasteiger partial charge in [-0.2, -0.15) is 5.10 Å². The summed E-state index contributed by atoms with van der Waals surface area (Å²) in [5.74, 6) is 0.583. The van der Waals surface area contributed by atoms with Crippen LogP contribution in [0.2, 0.25) is 0 Å². The number of aryl methyl sites for hydroxylation is 1. The van der Waals surface area contributed by atoms with Crippen molar-refractivity contribution in [1.82, 2.24) is 20.0 Å². The van der Waals surface area contributed by atoms with Gasteiger partial charge in [0.1, 0.15) is 16.3 Å². The molecule has 2 heterocycles. The molecule has 6 nitrogen and oxygen atoms in total. The summed E-state index contributed by atoms with van der Waals surface area (Å²) in [7, 11) is 0.488. The first-order valence-corrected chi connectivity index (χ1v) is 10.3. The minimum absolute atomic E-state index is 0.102. The SMILES string of the molecule is Cn1nc(C(C)(C)C)cc1-c1nnc(C(C)(C)S(=O)Cc2ccc(F)cc2)o1. The Kier molecular flexibility index (Phi) is 5.27. The topological polar surface area (TPSA) is 73.8 Å². The van der Waals surface area contributed by atoms with Crippen LogP contribution in [0.5, 0.6) is 0 Å². The number of aromatic nitrogens is 4. The van der Waals surface area contributed by atoms with Crippen LogP contribution in [-0.2, 0) is 33.8 Å². The van der Waals surface area contributed by atoms with E-state index in [1.54, 1.807) is 30.7 Å². The number of hydrogen-bond acceptors (Lipinski definition) is 5. The third kappa shape index (κ3) is 4.06. The molecule has 0 saturated heterocycles. The van der Waals surface area contributed by atoms with E-state index in [1.807, 2.05) is 13.1 Å². The Morgan fingerprint density at radius 3 is 2.32 bits per heavy atom. The number of hydrogen-bond donors (Lipinski definition) is 0. The lowest BCUT2D eigenvalue weighted by molar-refractivity contribution is 0.450. The molecule has 0 aliphatic heterocycles. The van der Waals surface area contributed by atoms with E-state index < -0.39 is 15.5 Å². The minimum atomic E-state index is -1.34. The standard InChI is InChI=1S/C20H25FN4O2S/c1-19(2,3)16-11-15(25(6)24-16)17-22-23-18(27-17)20(4,5)28(26)12-13-7-9-14(21)10-8-13/h7-11H,12H2,1-6H3. The average molecular weight is 405 g/mol. The quantitative estimate of drug-likeness (QED) is 0.640. The van der Waals surface area contributed by atoms with E-state index >= 15 is 0 Å². The van der Waals surface area contributed by atoms with Crippen LogP contribution in [0.15, 0.2) is 34.7 Å². The molecule has 3 rings (SSSR count). The van der Waals surface area contributed by atoms with Crippen LogP contribution in [0.3, 0.4) is 0 Å². The lowest BCUT2D eigenvalue weighted by atomic mass is 9.92. The summed E-state index contributed by atoms with van der Waals surface area (Å²) in [6.07, 6.45) is 0. The number of rotatable bonds is 5. The summed E-state index contributed by atoms with van der Waals surface area (Å²) in [5, 5.41) is 12.8. The van der Waals surface area contributed by atoms with Gasteiger partial charge in [-0.3, -0.25) is 8.89 Å². The summed E-state index contributed by atoms with van der Waals surface area (Å²) in [6, 6.07) is 7.91. The second-order valence-electron chi connectivity index (χ2n) is 8.33. The van der Waals surface area contributed by atoms with Crippen molar-refractivity contribution in [2.45, 2.75) is 50.5 Å². The molecular weight excluding hydrogens is 379 g/mol. The molecule has 150 valence electrons. The molecule has 0 N–H and O–H groups in total. The van der Waals surface area contributed by atoms with E-state index in [0.717, 1.165) is 11.3 Å². The summed E-state index contributed by atoms with van der Waals surface area (Å²) in [5.41, 5.74) is 2.32. The fraction of sp³-hybridized carbons (Fsp3) is 0.450. The van der Waals surface area contributed by atoms with Gasteiger partial charge in [0, 0.05) is 29.0 Å². The summed E-state index contributed by atoms with van der Waals surface area (Å²) < 4.78 is 32.8. The van der Waals surface area contributed by atoms with Crippen LogP contribution in [0.4, 0.5) is 4.39 Å². The lowest BCUT2D eigenvalue weighted by Gasteiger charge is -2.19. The highest BCUT2D eigenvalue weighted by atomic mass is 32.2. The van der Waals surface area contributed by atoms with Gasteiger partial charge in [-0.05, 0) is 37.6 Å². The Hall–Kier alpha value is -2.35. The molecule has 2 aromatic heterocycles. The summed E-state index contributed by atoms with van der Waals surface area (Å²) >= 11 is 0. The largest absolute Gasteiger partial charge is 0.418 e. The molecule has 0 amide bonds. The van der Waals surface area contributed by atoms with Crippen molar-refractivity contribution < 1.29 is 13.0 Å². The Labute approximate surface area is 166 Å². The molecule has 1 atom stereocenters. The summed E-state index contributed by atoms with van der Waals surface area (Å²) in [6.45, 7) is 9.85. The zero-order chi connectivity index (χ0) is 20.7. The lowest BCUT2D eigenvalue weighted by Crippen LogP contribution is -2.25. The van der Waals surface area contributed by atoms with Crippen LogP contribution in [0.25, 0.3) is 11.6 Å². The van der Waals surface area contributed by atoms with Gasteiger partial charge in [0.25, 0.3) is 5.89 Å². The predicted molar refractivity (Wildman–Crippen MR) is 106 cm³/mol. The predicted octanol–water partition coefficient (Wildman–Crippen LogP) is 4.09. The van der Waals surface area contributed by atoms with Gasteiger partial charge in [0.2, 0.25) is 5.89 Å². The molecule has 1 aromatic carbocycles. The van der Waals surface area contributed by atoms with Gasteiger partial charge in [-0.15, -0.1) is 10.2 Å². The number of nitrogens with zero attached hydrogens (tertiary/aromatic N) is 4. The van der Waals surface area contributed by atoms with E-state index in [0.29, 0.717) is 17.5 Å². The monoisotopic (exact) mass is 404 g/mol. The summed E-state index contributed by atoms with van der Waals surface area (Å²) in [4.78, 5) is 0. The maximum absolute atomic E-state index is 13.1. The van der Waals surface area contributed by atoms with E-state index in [1.165, 1.54) is 12.1 Å².